The third kappa shape index (κ3) is 3.20. The molecule has 122 valence electrons. The zero-order valence-electron chi connectivity index (χ0n) is 13.9. The summed E-state index contributed by atoms with van der Waals surface area (Å²) in [5.41, 5.74) is 6.76. The van der Waals surface area contributed by atoms with Gasteiger partial charge in [0, 0.05) is 7.11 Å². The third-order valence-corrected chi connectivity index (χ3v) is 4.61. The second-order valence-electron chi connectivity index (χ2n) is 6.73. The fourth-order valence-electron chi connectivity index (χ4n) is 2.46. The first kappa shape index (κ1) is 17.4. The molecule has 1 unspecified atom stereocenters. The van der Waals surface area contributed by atoms with Gasteiger partial charge in [-0.15, -0.1) is 0 Å². The van der Waals surface area contributed by atoms with Crippen molar-refractivity contribution in [2.24, 2.45) is 5.73 Å². The zero-order chi connectivity index (χ0) is 16.5. The van der Waals surface area contributed by atoms with E-state index in [4.69, 9.17) is 19.8 Å². The van der Waals surface area contributed by atoms with Crippen molar-refractivity contribution in [3.63, 3.8) is 0 Å². The molecule has 0 saturated carbocycles. The number of alkyl halides is 1. The van der Waals surface area contributed by atoms with Crippen LogP contribution in [0.25, 0.3) is 0 Å². The Kier molecular flexibility index (Phi) is 4.97. The summed E-state index contributed by atoms with van der Waals surface area (Å²) in [5.74, 6) is 0. The van der Waals surface area contributed by atoms with E-state index < -0.39 is 25.9 Å². The number of nitrogens with two attached hydrogens (primary N) is 1. The first-order chi connectivity index (χ1) is 10.2. The monoisotopic (exact) mass is 309 g/mol. The third-order valence-electron chi connectivity index (χ3n) is 4.61. The predicted molar refractivity (Wildman–Crippen MR) is 85.9 cm³/mol. The molecule has 0 spiro atoms. The summed E-state index contributed by atoms with van der Waals surface area (Å²) in [6.07, 6.45) is -0.461. The molecule has 6 heteroatoms. The molecule has 1 saturated heterocycles. The van der Waals surface area contributed by atoms with Gasteiger partial charge < -0.3 is 19.8 Å². The van der Waals surface area contributed by atoms with Gasteiger partial charge in [0.15, 0.2) is 0 Å². The SMILES string of the molecule is COC(c1ccc(B2OC(C)(C)C(C)(C)O2)cc1)[C@H](N)CF. The molecule has 1 heterocycles. The van der Waals surface area contributed by atoms with E-state index >= 15 is 0 Å². The number of ether oxygens (including phenoxy) is 1. The maximum atomic E-state index is 12.8. The lowest BCUT2D eigenvalue weighted by atomic mass is 9.78. The van der Waals surface area contributed by atoms with Gasteiger partial charge in [-0.05, 0) is 38.7 Å². The van der Waals surface area contributed by atoms with Crippen LogP contribution in [0.3, 0.4) is 0 Å². The van der Waals surface area contributed by atoms with Crippen LogP contribution in [0.4, 0.5) is 4.39 Å². The summed E-state index contributed by atoms with van der Waals surface area (Å²) < 4.78 is 30.1. The number of halogens is 1. The van der Waals surface area contributed by atoms with Crippen LogP contribution in [0, 0.1) is 0 Å². The van der Waals surface area contributed by atoms with E-state index in [9.17, 15) is 4.39 Å². The molecule has 0 aliphatic carbocycles. The minimum absolute atomic E-state index is 0.373. The van der Waals surface area contributed by atoms with E-state index in [0.29, 0.717) is 0 Å². The van der Waals surface area contributed by atoms with Gasteiger partial charge in [0.1, 0.15) is 6.67 Å². The summed E-state index contributed by atoms with van der Waals surface area (Å²) in [5, 5.41) is 0. The number of hydrogen-bond donors (Lipinski definition) is 1. The van der Waals surface area contributed by atoms with E-state index in [1.165, 1.54) is 7.11 Å². The summed E-state index contributed by atoms with van der Waals surface area (Å²) in [4.78, 5) is 0. The van der Waals surface area contributed by atoms with Crippen LogP contribution >= 0.6 is 0 Å². The van der Waals surface area contributed by atoms with Crippen LogP contribution in [0.2, 0.25) is 0 Å². The smallest absolute Gasteiger partial charge is 0.399 e. The molecular formula is C16H25BFNO3. The van der Waals surface area contributed by atoms with Crippen molar-refractivity contribution in [2.45, 2.75) is 51.0 Å². The zero-order valence-corrected chi connectivity index (χ0v) is 13.9. The summed E-state index contributed by atoms with van der Waals surface area (Å²) in [6.45, 7) is 7.44. The van der Waals surface area contributed by atoms with Gasteiger partial charge in [-0.1, -0.05) is 24.3 Å². The van der Waals surface area contributed by atoms with Crippen LogP contribution in [0.5, 0.6) is 0 Å². The van der Waals surface area contributed by atoms with Crippen molar-refractivity contribution in [3.8, 4) is 0 Å². The van der Waals surface area contributed by atoms with Crippen molar-refractivity contribution >= 4 is 12.6 Å². The predicted octanol–water partition coefficient (Wildman–Crippen LogP) is 1.97. The average Bonchev–Trinajstić information content (AvgIpc) is 2.68. The highest BCUT2D eigenvalue weighted by atomic mass is 19.1. The normalized spacial score (nSPS) is 22.6. The van der Waals surface area contributed by atoms with Crippen LogP contribution in [0.15, 0.2) is 24.3 Å². The molecule has 4 nitrogen and oxygen atoms in total. The van der Waals surface area contributed by atoms with E-state index in [0.717, 1.165) is 11.0 Å². The molecule has 2 rings (SSSR count). The molecule has 2 N–H and O–H groups in total. The summed E-state index contributed by atoms with van der Waals surface area (Å²) in [6, 6.07) is 6.91. The molecule has 2 atom stereocenters. The van der Waals surface area contributed by atoms with Crippen molar-refractivity contribution in [1.82, 2.24) is 0 Å². The van der Waals surface area contributed by atoms with Crippen LogP contribution in [0.1, 0.15) is 39.4 Å². The van der Waals surface area contributed by atoms with Crippen LogP contribution in [-0.4, -0.2) is 38.1 Å². The number of hydrogen-bond acceptors (Lipinski definition) is 4. The molecule has 22 heavy (non-hydrogen) atoms. The topological polar surface area (TPSA) is 53.7 Å². The second-order valence-corrected chi connectivity index (χ2v) is 6.73. The van der Waals surface area contributed by atoms with Crippen molar-refractivity contribution in [1.29, 1.82) is 0 Å². The van der Waals surface area contributed by atoms with Gasteiger partial charge in [-0.3, -0.25) is 0 Å². The van der Waals surface area contributed by atoms with Gasteiger partial charge in [-0.2, -0.15) is 0 Å². The largest absolute Gasteiger partial charge is 0.494 e. The van der Waals surface area contributed by atoms with Gasteiger partial charge in [-0.25, -0.2) is 4.39 Å². The Morgan fingerprint density at radius 2 is 1.64 bits per heavy atom. The lowest BCUT2D eigenvalue weighted by molar-refractivity contribution is 0.00578. The van der Waals surface area contributed by atoms with Gasteiger partial charge in [0.2, 0.25) is 0 Å². The highest BCUT2D eigenvalue weighted by Crippen LogP contribution is 2.36. The van der Waals surface area contributed by atoms with E-state index in [1.54, 1.807) is 0 Å². The number of methoxy groups -OCH3 is 1. The highest BCUT2D eigenvalue weighted by molar-refractivity contribution is 6.62. The Morgan fingerprint density at radius 3 is 2.05 bits per heavy atom. The fraction of sp³-hybridized carbons (Fsp3) is 0.625. The molecular weight excluding hydrogens is 284 g/mol. The van der Waals surface area contributed by atoms with Gasteiger partial charge in [0.05, 0.1) is 23.3 Å². The molecule has 0 amide bonds. The standard InChI is InChI=1S/C16H25BFNO3/c1-15(2)16(3,4)22-17(21-15)12-8-6-11(7-9-12)14(20-5)13(19)10-18/h6-9,13-14H,10,19H2,1-5H3/t13-,14?/m1/s1. The lowest BCUT2D eigenvalue weighted by Crippen LogP contribution is -2.41. The Labute approximate surface area is 132 Å². The second kappa shape index (κ2) is 6.28. The van der Waals surface area contributed by atoms with Crippen molar-refractivity contribution < 1.29 is 18.4 Å². The number of rotatable bonds is 5. The average molecular weight is 309 g/mol. The van der Waals surface area contributed by atoms with E-state index in [2.05, 4.69) is 0 Å². The Balaban J connectivity index is 2.16. The minimum Gasteiger partial charge on any atom is -0.399 e. The molecule has 0 radical (unpaired) electrons. The van der Waals surface area contributed by atoms with Crippen LogP contribution in [-0.2, 0) is 14.0 Å². The summed E-state index contributed by atoms with van der Waals surface area (Å²) >= 11 is 0. The first-order valence-electron chi connectivity index (χ1n) is 7.51. The van der Waals surface area contributed by atoms with E-state index in [1.807, 2.05) is 52.0 Å². The Hall–Kier alpha value is -0.945. The van der Waals surface area contributed by atoms with Crippen molar-refractivity contribution in [3.05, 3.63) is 29.8 Å². The molecule has 0 aromatic heterocycles. The molecule has 1 aliphatic heterocycles. The Bertz CT molecular complexity index is 491. The maximum absolute atomic E-state index is 12.8. The van der Waals surface area contributed by atoms with Crippen molar-refractivity contribution in [2.75, 3.05) is 13.8 Å². The molecule has 1 fully saturated rings. The highest BCUT2D eigenvalue weighted by Gasteiger charge is 2.51. The fourth-order valence-corrected chi connectivity index (χ4v) is 2.46. The molecule has 1 aromatic rings. The minimum atomic E-state index is -0.673. The molecule has 0 bridgehead atoms. The van der Waals surface area contributed by atoms with Gasteiger partial charge >= 0.3 is 7.12 Å². The summed E-state index contributed by atoms with van der Waals surface area (Å²) in [7, 11) is 1.12. The maximum Gasteiger partial charge on any atom is 0.494 e. The Morgan fingerprint density at radius 1 is 1.14 bits per heavy atom. The van der Waals surface area contributed by atoms with Gasteiger partial charge in [0.25, 0.3) is 0 Å². The first-order valence-corrected chi connectivity index (χ1v) is 7.51. The van der Waals surface area contributed by atoms with Crippen LogP contribution < -0.4 is 11.2 Å². The molecule has 1 aliphatic rings. The lowest BCUT2D eigenvalue weighted by Gasteiger charge is -2.32. The number of benzene rings is 1. The quantitative estimate of drug-likeness (QED) is 0.845. The molecule has 1 aromatic carbocycles. The van der Waals surface area contributed by atoms with E-state index in [-0.39, 0.29) is 11.2 Å².